The van der Waals surface area contributed by atoms with E-state index in [2.05, 4.69) is 10.6 Å². The lowest BCUT2D eigenvalue weighted by atomic mass is 9.81. The molecule has 31 heavy (non-hydrogen) atoms. The SMILES string of the molecule is [2H]C([2H])N1CCN(C([2H])([2H])[2H])C(C(C)(C)C(=O)NCCC(=O)NCCC(=O)ON2C(=O)CCC2=O)C1. The Morgan fingerprint density at radius 3 is 2.42 bits per heavy atom. The van der Waals surface area contributed by atoms with Gasteiger partial charge in [-0.25, -0.2) is 4.79 Å². The molecule has 174 valence electrons. The van der Waals surface area contributed by atoms with Crippen LogP contribution in [0.25, 0.3) is 0 Å². The van der Waals surface area contributed by atoms with Gasteiger partial charge in [-0.1, -0.05) is 0 Å². The summed E-state index contributed by atoms with van der Waals surface area (Å²) in [6, 6.07) is -0.786. The normalized spacial score (nSPS) is 23.5. The quantitative estimate of drug-likeness (QED) is 0.428. The Morgan fingerprint density at radius 2 is 1.77 bits per heavy atom. The zero-order valence-corrected chi connectivity index (χ0v) is 17.8. The first-order valence-corrected chi connectivity index (χ1v) is 10.1. The summed E-state index contributed by atoms with van der Waals surface area (Å²) in [5.41, 5.74) is -1.20. The molecule has 11 nitrogen and oxygen atoms in total. The number of imide groups is 1. The van der Waals surface area contributed by atoms with E-state index in [1.54, 1.807) is 13.8 Å². The van der Waals surface area contributed by atoms with Gasteiger partial charge in [0.15, 0.2) is 0 Å². The molecule has 0 spiro atoms. The molecule has 1 unspecified atom stereocenters. The number of hydrogen-bond acceptors (Lipinski definition) is 8. The van der Waals surface area contributed by atoms with E-state index in [1.807, 2.05) is 0 Å². The van der Waals surface area contributed by atoms with Crippen molar-refractivity contribution < 1.29 is 35.7 Å². The van der Waals surface area contributed by atoms with E-state index in [0.717, 1.165) is 0 Å². The average Bonchev–Trinajstić information content (AvgIpc) is 3.09. The van der Waals surface area contributed by atoms with Gasteiger partial charge in [0.2, 0.25) is 11.8 Å². The molecule has 2 heterocycles. The number of amides is 4. The lowest BCUT2D eigenvalue weighted by molar-refractivity contribution is -0.197. The molecule has 0 aliphatic carbocycles. The van der Waals surface area contributed by atoms with Crippen LogP contribution in [0.4, 0.5) is 0 Å². The number of nitrogens with zero attached hydrogens (tertiary/aromatic N) is 3. The molecule has 2 fully saturated rings. The maximum atomic E-state index is 12.9. The van der Waals surface area contributed by atoms with Crippen LogP contribution in [0.3, 0.4) is 0 Å². The van der Waals surface area contributed by atoms with Crippen molar-refractivity contribution in [3.63, 3.8) is 0 Å². The Bertz CT molecular complexity index is 852. The first-order valence-electron chi connectivity index (χ1n) is 12.8. The van der Waals surface area contributed by atoms with E-state index in [9.17, 15) is 24.0 Å². The van der Waals surface area contributed by atoms with Crippen molar-refractivity contribution in [2.45, 2.75) is 45.6 Å². The number of hydroxylamine groups is 2. The predicted molar refractivity (Wildman–Crippen MR) is 110 cm³/mol. The molecule has 4 amide bonds. The van der Waals surface area contributed by atoms with Gasteiger partial charge in [-0.2, -0.15) is 0 Å². The van der Waals surface area contributed by atoms with Gasteiger partial charge in [-0.05, 0) is 27.8 Å². The lowest BCUT2D eigenvalue weighted by Crippen LogP contribution is -2.60. The maximum Gasteiger partial charge on any atom is 0.334 e. The molecular weight excluding hydrogens is 406 g/mol. The molecule has 0 radical (unpaired) electrons. The summed E-state index contributed by atoms with van der Waals surface area (Å²) in [5.74, 6) is -2.99. The van der Waals surface area contributed by atoms with Gasteiger partial charge in [0.1, 0.15) is 0 Å². The van der Waals surface area contributed by atoms with Crippen LogP contribution in [0.15, 0.2) is 0 Å². The second kappa shape index (κ2) is 10.7. The lowest BCUT2D eigenvalue weighted by Gasteiger charge is -2.45. The number of carbonyl (C=O) groups is 5. The van der Waals surface area contributed by atoms with Crippen LogP contribution >= 0.6 is 0 Å². The third-order valence-corrected chi connectivity index (χ3v) is 5.32. The Hall–Kier alpha value is -2.53. The molecule has 2 N–H and O–H groups in total. The van der Waals surface area contributed by atoms with Gasteiger partial charge in [0.25, 0.3) is 11.8 Å². The fourth-order valence-electron chi connectivity index (χ4n) is 3.29. The van der Waals surface area contributed by atoms with Crippen LogP contribution < -0.4 is 10.6 Å². The Labute approximate surface area is 189 Å². The second-order valence-electron chi connectivity index (χ2n) is 8.08. The molecule has 0 bridgehead atoms. The number of carbonyl (C=O) groups excluding carboxylic acids is 5. The Kier molecular flexibility index (Phi) is 6.22. The van der Waals surface area contributed by atoms with E-state index < -0.39 is 55.0 Å². The smallest absolute Gasteiger partial charge is 0.334 e. The molecule has 0 aromatic carbocycles. The van der Waals surface area contributed by atoms with Crippen molar-refractivity contribution in [1.29, 1.82) is 0 Å². The van der Waals surface area contributed by atoms with Crippen LogP contribution in [0.2, 0.25) is 0 Å². The Balaban J connectivity index is 1.79. The minimum Gasteiger partial charge on any atom is -0.355 e. The minimum atomic E-state index is -2.45. The summed E-state index contributed by atoms with van der Waals surface area (Å²) < 4.78 is 38.7. The van der Waals surface area contributed by atoms with Crippen molar-refractivity contribution >= 4 is 29.6 Å². The van der Waals surface area contributed by atoms with E-state index >= 15 is 0 Å². The van der Waals surface area contributed by atoms with E-state index in [-0.39, 0.29) is 58.4 Å². The highest BCUT2D eigenvalue weighted by Gasteiger charge is 2.41. The summed E-state index contributed by atoms with van der Waals surface area (Å²) in [4.78, 5) is 67.0. The van der Waals surface area contributed by atoms with Crippen molar-refractivity contribution in [1.82, 2.24) is 25.5 Å². The number of piperazine rings is 1. The van der Waals surface area contributed by atoms with E-state index in [4.69, 9.17) is 11.7 Å². The standard InChI is InChI=1S/C20H33N5O6/c1-20(2,14-13-23(3)11-12-24(14)4)19(30)22-9-7-15(26)21-10-8-18(29)31-25-16(27)5-6-17(25)28/h14H,5-13H2,1-4H3,(H,21,26)(H,22,30)/i3D2,4D3. The number of rotatable bonds is 9. The van der Waals surface area contributed by atoms with Crippen LogP contribution in [-0.2, 0) is 28.8 Å². The zero-order valence-electron chi connectivity index (χ0n) is 22.8. The van der Waals surface area contributed by atoms with Crippen LogP contribution in [0.5, 0.6) is 0 Å². The summed E-state index contributed by atoms with van der Waals surface area (Å²) >= 11 is 0. The molecular formula is C20H33N5O6. The second-order valence-corrected chi connectivity index (χ2v) is 8.08. The number of likely N-dealkylation sites (N-methyl/N-ethyl adjacent to an activating group) is 2. The highest BCUT2D eigenvalue weighted by molar-refractivity contribution is 6.01. The summed E-state index contributed by atoms with van der Waals surface area (Å²) in [5, 5.41) is 5.53. The molecule has 1 atom stereocenters. The monoisotopic (exact) mass is 444 g/mol. The minimum absolute atomic E-state index is 0.0203. The van der Waals surface area contributed by atoms with Gasteiger partial charge in [0.05, 0.1) is 11.8 Å². The first kappa shape index (κ1) is 18.1. The molecule has 2 rings (SSSR count). The summed E-state index contributed by atoms with van der Waals surface area (Å²) in [6.07, 6.45) is -0.416. The van der Waals surface area contributed by atoms with Crippen LogP contribution in [0, 0.1) is 5.41 Å². The number of nitrogens with one attached hydrogen (secondary N) is 2. The van der Waals surface area contributed by atoms with Gasteiger partial charge >= 0.3 is 5.97 Å². The molecule has 2 aliphatic rings. The third kappa shape index (κ3) is 6.73. The molecule has 0 aromatic rings. The molecule has 2 saturated heterocycles. The van der Waals surface area contributed by atoms with Crippen molar-refractivity contribution in [3.8, 4) is 0 Å². The molecule has 0 saturated carbocycles. The van der Waals surface area contributed by atoms with Gasteiger partial charge in [-0.3, -0.25) is 24.1 Å². The van der Waals surface area contributed by atoms with Crippen LogP contribution in [-0.4, -0.2) is 97.2 Å². The topological polar surface area (TPSA) is 128 Å². The van der Waals surface area contributed by atoms with Crippen molar-refractivity contribution in [2.75, 3.05) is 46.7 Å². The largest absolute Gasteiger partial charge is 0.355 e. The summed E-state index contributed by atoms with van der Waals surface area (Å²) in [6.45, 7) is -0.355. The van der Waals surface area contributed by atoms with Gasteiger partial charge in [0, 0.05) is 64.9 Å². The fourth-order valence-corrected chi connectivity index (χ4v) is 3.29. The molecule has 11 heteroatoms. The highest BCUT2D eigenvalue weighted by atomic mass is 16.7. The molecule has 2 aliphatic heterocycles. The van der Waals surface area contributed by atoms with Gasteiger partial charge < -0.3 is 20.4 Å². The first-order chi connectivity index (χ1) is 16.6. The Morgan fingerprint density at radius 1 is 1.10 bits per heavy atom. The summed E-state index contributed by atoms with van der Waals surface area (Å²) in [7, 11) is 0. The van der Waals surface area contributed by atoms with E-state index in [0.29, 0.717) is 5.06 Å². The van der Waals surface area contributed by atoms with E-state index in [1.165, 1.54) is 9.80 Å². The third-order valence-electron chi connectivity index (χ3n) is 5.32. The van der Waals surface area contributed by atoms with Crippen LogP contribution in [0.1, 0.15) is 46.4 Å². The van der Waals surface area contributed by atoms with Crippen molar-refractivity contribution in [3.05, 3.63) is 0 Å². The zero-order chi connectivity index (χ0) is 27.3. The molecule has 0 aromatic heterocycles. The van der Waals surface area contributed by atoms with Gasteiger partial charge in [-0.15, -0.1) is 5.06 Å². The number of hydrogen-bond donors (Lipinski definition) is 2. The fraction of sp³-hybridized carbons (Fsp3) is 0.750. The average molecular weight is 445 g/mol. The highest BCUT2D eigenvalue weighted by Crippen LogP contribution is 2.27. The predicted octanol–water partition coefficient (Wildman–Crippen LogP) is -1.12. The van der Waals surface area contributed by atoms with Crippen molar-refractivity contribution in [2.24, 2.45) is 5.41 Å². The maximum absolute atomic E-state index is 12.9.